The number of piperidine rings is 1. The van der Waals surface area contributed by atoms with Crippen molar-refractivity contribution in [2.75, 3.05) is 18.4 Å². The molecule has 0 unspecified atom stereocenters. The van der Waals surface area contributed by atoms with Crippen LogP contribution in [0.25, 0.3) is 0 Å². The zero-order valence-electron chi connectivity index (χ0n) is 13.2. The average molecular weight is 296 g/mol. The minimum Gasteiger partial charge on any atom is -0.381 e. The first-order valence-corrected chi connectivity index (χ1v) is 8.87. The smallest absolute Gasteiger partial charge is 0.139 e. The van der Waals surface area contributed by atoms with Gasteiger partial charge in [0.15, 0.2) is 0 Å². The van der Waals surface area contributed by atoms with Crippen LogP contribution in [0, 0.1) is 11.8 Å². The summed E-state index contributed by atoms with van der Waals surface area (Å²) >= 11 is 0. The number of carbonyl (C=O) groups is 1. The fourth-order valence-corrected chi connectivity index (χ4v) is 6.04. The summed E-state index contributed by atoms with van der Waals surface area (Å²) in [7, 11) is 0. The van der Waals surface area contributed by atoms with Crippen molar-refractivity contribution in [2.45, 2.75) is 50.1 Å². The molecule has 0 aromatic heterocycles. The number of anilines is 1. The molecule has 1 saturated carbocycles. The summed E-state index contributed by atoms with van der Waals surface area (Å²) < 4.78 is 0. The van der Waals surface area contributed by atoms with Crippen molar-refractivity contribution in [1.82, 2.24) is 4.90 Å². The van der Waals surface area contributed by atoms with Gasteiger partial charge < -0.3 is 5.32 Å². The van der Waals surface area contributed by atoms with E-state index in [2.05, 4.69) is 41.4 Å². The van der Waals surface area contributed by atoms with Crippen LogP contribution >= 0.6 is 0 Å². The first kappa shape index (κ1) is 13.1. The van der Waals surface area contributed by atoms with E-state index < -0.39 is 0 Å². The Labute approximate surface area is 132 Å². The predicted octanol–water partition coefficient (Wildman–Crippen LogP) is 2.81. The van der Waals surface area contributed by atoms with Crippen molar-refractivity contribution in [3.63, 3.8) is 0 Å². The number of carbonyl (C=O) groups excluding carboxylic acids is 1. The quantitative estimate of drug-likeness (QED) is 0.865. The van der Waals surface area contributed by atoms with Crippen LogP contribution in [0.1, 0.15) is 38.2 Å². The number of Topliss-reactive ketones (excluding diaryl/α,β-unsaturated/α-hetero) is 1. The topological polar surface area (TPSA) is 32.3 Å². The van der Waals surface area contributed by atoms with Gasteiger partial charge in [0, 0.05) is 42.1 Å². The summed E-state index contributed by atoms with van der Waals surface area (Å²) in [5, 5.41) is 3.70. The lowest BCUT2D eigenvalue weighted by Gasteiger charge is -2.51. The lowest BCUT2D eigenvalue weighted by molar-refractivity contribution is -0.132. The largest absolute Gasteiger partial charge is 0.381 e. The highest BCUT2D eigenvalue weighted by atomic mass is 16.1. The molecule has 1 aliphatic carbocycles. The third-order valence-corrected chi connectivity index (χ3v) is 6.97. The van der Waals surface area contributed by atoms with E-state index in [0.29, 0.717) is 23.8 Å². The molecule has 4 aliphatic rings. The maximum absolute atomic E-state index is 12.8. The molecule has 0 radical (unpaired) electrons. The molecule has 0 amide bonds. The lowest BCUT2D eigenvalue weighted by Crippen LogP contribution is -2.62. The van der Waals surface area contributed by atoms with Crippen molar-refractivity contribution in [3.8, 4) is 0 Å². The molecule has 0 bridgehead atoms. The van der Waals surface area contributed by atoms with E-state index in [1.807, 2.05) is 0 Å². The Bertz CT molecular complexity index is 642. The molecule has 5 atom stereocenters. The van der Waals surface area contributed by atoms with Crippen LogP contribution < -0.4 is 5.32 Å². The lowest BCUT2D eigenvalue weighted by atomic mass is 9.58. The number of ketones is 1. The number of hydrogen-bond donors (Lipinski definition) is 1. The fraction of sp³-hybridized carbons (Fsp3) is 0.632. The summed E-state index contributed by atoms with van der Waals surface area (Å²) in [4.78, 5) is 15.5. The summed E-state index contributed by atoms with van der Waals surface area (Å²) in [5.74, 6) is 1.49. The standard InChI is InChI=1S/C19H24N2O/c1-2-12-9-13-16(22)10-17-19(7-8-21(11-12)18(13)19)14-5-3-4-6-15(14)20-17/h3-6,12-13,17-18,20H,2,7-11H2,1H3/t12-,13-,17-,18-,19-/m1/s1. The zero-order valence-corrected chi connectivity index (χ0v) is 13.2. The zero-order chi connectivity index (χ0) is 14.9. The molecule has 3 heterocycles. The number of nitrogens with zero attached hydrogens (tertiary/aromatic N) is 1. The molecule has 2 saturated heterocycles. The van der Waals surface area contributed by atoms with Gasteiger partial charge in [0.1, 0.15) is 5.78 Å². The summed E-state index contributed by atoms with van der Waals surface area (Å²) in [6, 6.07) is 9.55. The number of hydrogen-bond acceptors (Lipinski definition) is 3. The maximum atomic E-state index is 12.8. The fourth-order valence-electron chi connectivity index (χ4n) is 6.04. The van der Waals surface area contributed by atoms with Crippen molar-refractivity contribution in [3.05, 3.63) is 29.8 Å². The van der Waals surface area contributed by atoms with Crippen LogP contribution in [0.2, 0.25) is 0 Å². The van der Waals surface area contributed by atoms with E-state index in [-0.39, 0.29) is 11.3 Å². The second-order valence-electron chi connectivity index (χ2n) is 7.76. The Morgan fingerprint density at radius 3 is 3.09 bits per heavy atom. The molecule has 116 valence electrons. The Kier molecular flexibility index (Phi) is 2.59. The van der Waals surface area contributed by atoms with Gasteiger partial charge in [0.05, 0.1) is 0 Å². The number of rotatable bonds is 1. The second-order valence-corrected chi connectivity index (χ2v) is 7.76. The van der Waals surface area contributed by atoms with Crippen molar-refractivity contribution in [2.24, 2.45) is 11.8 Å². The van der Waals surface area contributed by atoms with Gasteiger partial charge in [-0.2, -0.15) is 0 Å². The van der Waals surface area contributed by atoms with Crippen LogP contribution in [-0.2, 0) is 10.2 Å². The molecule has 1 aromatic rings. The first-order chi connectivity index (χ1) is 10.7. The Morgan fingerprint density at radius 1 is 1.36 bits per heavy atom. The number of fused-ring (bicyclic) bond motifs is 1. The second kappa shape index (κ2) is 4.35. The van der Waals surface area contributed by atoms with Crippen LogP contribution in [0.3, 0.4) is 0 Å². The van der Waals surface area contributed by atoms with Crippen LogP contribution in [0.15, 0.2) is 24.3 Å². The molecule has 3 nitrogen and oxygen atoms in total. The molecule has 5 rings (SSSR count). The van der Waals surface area contributed by atoms with E-state index in [9.17, 15) is 4.79 Å². The highest BCUT2D eigenvalue weighted by Crippen LogP contribution is 2.58. The molecule has 3 fully saturated rings. The van der Waals surface area contributed by atoms with Gasteiger partial charge in [-0.05, 0) is 36.9 Å². The van der Waals surface area contributed by atoms with Gasteiger partial charge in [-0.3, -0.25) is 9.69 Å². The molecular formula is C19H24N2O. The van der Waals surface area contributed by atoms with E-state index in [0.717, 1.165) is 19.4 Å². The third-order valence-electron chi connectivity index (χ3n) is 6.97. The SMILES string of the molecule is CC[C@@H]1C[C@@H]2C(=O)C[C@H]3Nc4ccccc4[C@]34CCN(C1)[C@H]24. The average Bonchev–Trinajstić information content (AvgIpc) is 3.08. The molecule has 1 N–H and O–H groups in total. The summed E-state index contributed by atoms with van der Waals surface area (Å²) in [6.07, 6.45) is 4.26. The Morgan fingerprint density at radius 2 is 2.23 bits per heavy atom. The van der Waals surface area contributed by atoms with Crippen molar-refractivity contribution < 1.29 is 4.79 Å². The molecule has 22 heavy (non-hydrogen) atoms. The Hall–Kier alpha value is -1.35. The van der Waals surface area contributed by atoms with E-state index in [4.69, 9.17) is 0 Å². The Balaban J connectivity index is 1.65. The van der Waals surface area contributed by atoms with Gasteiger partial charge in [0.2, 0.25) is 0 Å². The normalized spacial score (nSPS) is 42.5. The number of nitrogens with one attached hydrogen (secondary N) is 1. The molecule has 1 aromatic carbocycles. The van der Waals surface area contributed by atoms with Crippen LogP contribution in [0.5, 0.6) is 0 Å². The number of para-hydroxylation sites is 1. The highest BCUT2D eigenvalue weighted by Gasteiger charge is 2.64. The first-order valence-electron chi connectivity index (χ1n) is 8.87. The minimum absolute atomic E-state index is 0.188. The minimum atomic E-state index is 0.188. The molecule has 3 heteroatoms. The molecule has 3 aliphatic heterocycles. The van der Waals surface area contributed by atoms with E-state index in [1.54, 1.807) is 0 Å². The van der Waals surface area contributed by atoms with E-state index in [1.165, 1.54) is 30.6 Å². The number of benzene rings is 1. The monoisotopic (exact) mass is 296 g/mol. The maximum Gasteiger partial charge on any atom is 0.139 e. The van der Waals surface area contributed by atoms with Crippen LogP contribution in [0.4, 0.5) is 5.69 Å². The molecular weight excluding hydrogens is 272 g/mol. The van der Waals surface area contributed by atoms with Crippen molar-refractivity contribution in [1.29, 1.82) is 0 Å². The summed E-state index contributed by atoms with van der Waals surface area (Å²) in [5.41, 5.74) is 2.95. The van der Waals surface area contributed by atoms with Gasteiger partial charge >= 0.3 is 0 Å². The third kappa shape index (κ3) is 1.43. The highest BCUT2D eigenvalue weighted by molar-refractivity contribution is 5.87. The van der Waals surface area contributed by atoms with Gasteiger partial charge in [-0.1, -0.05) is 31.5 Å². The van der Waals surface area contributed by atoms with Gasteiger partial charge in [-0.15, -0.1) is 0 Å². The van der Waals surface area contributed by atoms with Crippen molar-refractivity contribution >= 4 is 11.5 Å². The summed E-state index contributed by atoms with van der Waals surface area (Å²) in [6.45, 7) is 4.64. The molecule has 1 spiro atoms. The van der Waals surface area contributed by atoms with E-state index >= 15 is 0 Å². The van der Waals surface area contributed by atoms with Gasteiger partial charge in [0.25, 0.3) is 0 Å². The van der Waals surface area contributed by atoms with Crippen LogP contribution in [-0.4, -0.2) is 35.9 Å². The predicted molar refractivity (Wildman–Crippen MR) is 87.0 cm³/mol. The van der Waals surface area contributed by atoms with Gasteiger partial charge in [-0.25, -0.2) is 0 Å².